The molecule has 0 bridgehead atoms. The van der Waals surface area contributed by atoms with E-state index in [9.17, 15) is 20.2 Å². The van der Waals surface area contributed by atoms with Gasteiger partial charge in [0, 0.05) is 24.4 Å². The van der Waals surface area contributed by atoms with Gasteiger partial charge in [0.15, 0.2) is 11.6 Å². The van der Waals surface area contributed by atoms with E-state index in [1.807, 2.05) is 6.07 Å². The van der Waals surface area contributed by atoms with Crippen molar-refractivity contribution in [1.82, 2.24) is 14.8 Å². The fraction of sp³-hybridized carbons (Fsp3) is 0. The summed E-state index contributed by atoms with van der Waals surface area (Å²) in [6, 6.07) is 12.9. The van der Waals surface area contributed by atoms with Crippen LogP contribution in [0.25, 0.3) is 11.9 Å². The highest BCUT2D eigenvalue weighted by atomic mass is 16.6. The molecule has 0 atom stereocenters. The Kier molecular flexibility index (Phi) is 5.00. The third-order valence-electron chi connectivity index (χ3n) is 3.53. The molecule has 0 saturated heterocycles. The molecule has 1 aromatic carbocycles. The number of nitrogens with one attached hydrogen (secondary N) is 1. The van der Waals surface area contributed by atoms with Gasteiger partial charge in [-0.1, -0.05) is 6.07 Å². The van der Waals surface area contributed by atoms with Gasteiger partial charge in [-0.05, 0) is 35.9 Å². The van der Waals surface area contributed by atoms with Crippen molar-refractivity contribution in [2.24, 2.45) is 0 Å². The number of carbonyl (C=O) groups is 1. The van der Waals surface area contributed by atoms with Gasteiger partial charge in [-0.25, -0.2) is 4.98 Å². The molecule has 0 fully saturated rings. The molecule has 0 aliphatic carbocycles. The lowest BCUT2D eigenvalue weighted by molar-refractivity contribution is -0.384. The molecule has 1 amide bonds. The van der Waals surface area contributed by atoms with E-state index in [1.165, 1.54) is 47.3 Å². The number of hydrogen-bond acceptors (Lipinski definition) is 6. The fourth-order valence-corrected chi connectivity index (χ4v) is 2.24. The maximum Gasteiger partial charge on any atom is 0.269 e. The van der Waals surface area contributed by atoms with Crippen LogP contribution in [0.15, 0.2) is 60.9 Å². The Hall–Kier alpha value is -4.32. The maximum atomic E-state index is 12.2. The Labute approximate surface area is 153 Å². The van der Waals surface area contributed by atoms with Crippen LogP contribution < -0.4 is 5.32 Å². The van der Waals surface area contributed by atoms with Crippen molar-refractivity contribution in [1.29, 1.82) is 5.26 Å². The molecule has 2 heterocycles. The zero-order valence-corrected chi connectivity index (χ0v) is 13.8. The maximum absolute atomic E-state index is 12.2. The molecular formula is C18H12N6O3. The molecule has 132 valence electrons. The number of aromatic nitrogens is 3. The molecule has 1 N–H and O–H groups in total. The zero-order chi connectivity index (χ0) is 19.2. The SMILES string of the molecule is N#Cc1cnn(-c2ccccn2)c1NC(=O)/C=C/c1ccc([N+](=O)[O-])cc1. The van der Waals surface area contributed by atoms with Gasteiger partial charge >= 0.3 is 0 Å². The van der Waals surface area contributed by atoms with Crippen LogP contribution in [-0.4, -0.2) is 25.6 Å². The van der Waals surface area contributed by atoms with Gasteiger partial charge in [-0.3, -0.25) is 14.9 Å². The van der Waals surface area contributed by atoms with Crippen molar-refractivity contribution in [3.63, 3.8) is 0 Å². The minimum atomic E-state index is -0.498. The molecule has 0 spiro atoms. The number of hydrogen-bond donors (Lipinski definition) is 1. The number of nitrogens with zero attached hydrogens (tertiary/aromatic N) is 5. The second-order valence-corrected chi connectivity index (χ2v) is 5.29. The average Bonchev–Trinajstić information content (AvgIpc) is 3.10. The van der Waals surface area contributed by atoms with Gasteiger partial charge in [0.1, 0.15) is 11.6 Å². The monoisotopic (exact) mass is 360 g/mol. The van der Waals surface area contributed by atoms with E-state index >= 15 is 0 Å². The zero-order valence-electron chi connectivity index (χ0n) is 13.8. The Morgan fingerprint density at radius 2 is 2.04 bits per heavy atom. The first-order valence-electron chi connectivity index (χ1n) is 7.71. The molecule has 3 aromatic rings. The number of benzene rings is 1. The van der Waals surface area contributed by atoms with Gasteiger partial charge in [0.2, 0.25) is 5.91 Å². The van der Waals surface area contributed by atoms with Gasteiger partial charge < -0.3 is 5.32 Å². The Bertz CT molecular complexity index is 1050. The quantitative estimate of drug-likeness (QED) is 0.423. The third kappa shape index (κ3) is 4.02. The minimum Gasteiger partial charge on any atom is -0.306 e. The van der Waals surface area contributed by atoms with Crippen molar-refractivity contribution >= 4 is 23.5 Å². The van der Waals surface area contributed by atoms with Crippen LogP contribution in [0.1, 0.15) is 11.1 Å². The summed E-state index contributed by atoms with van der Waals surface area (Å²) in [4.78, 5) is 26.5. The van der Waals surface area contributed by atoms with Crippen molar-refractivity contribution < 1.29 is 9.72 Å². The summed E-state index contributed by atoms with van der Waals surface area (Å²) in [7, 11) is 0. The Balaban J connectivity index is 1.79. The summed E-state index contributed by atoms with van der Waals surface area (Å²) in [6.45, 7) is 0. The minimum absolute atomic E-state index is 0.0328. The van der Waals surface area contributed by atoms with Crippen LogP contribution in [0.4, 0.5) is 11.5 Å². The standard InChI is InChI=1S/C18H12N6O3/c19-11-14-12-21-23(16-3-1-2-10-20-16)18(14)22-17(25)9-6-13-4-7-15(8-5-13)24(26)27/h1-10,12H,(H,22,25)/b9-6+. The normalized spacial score (nSPS) is 10.5. The van der Waals surface area contributed by atoms with Crippen LogP contribution in [0.3, 0.4) is 0 Å². The molecule has 2 aromatic heterocycles. The molecule has 27 heavy (non-hydrogen) atoms. The summed E-state index contributed by atoms with van der Waals surface area (Å²) in [5.74, 6) is 0.172. The Morgan fingerprint density at radius 3 is 2.67 bits per heavy atom. The molecule has 9 heteroatoms. The van der Waals surface area contributed by atoms with Crippen molar-refractivity contribution in [2.75, 3.05) is 5.32 Å². The highest BCUT2D eigenvalue weighted by Gasteiger charge is 2.14. The van der Waals surface area contributed by atoms with Gasteiger partial charge in [-0.2, -0.15) is 15.0 Å². The number of pyridine rings is 1. The number of nitro groups is 1. The highest BCUT2D eigenvalue weighted by molar-refractivity contribution is 6.02. The smallest absolute Gasteiger partial charge is 0.269 e. The van der Waals surface area contributed by atoms with Gasteiger partial charge in [-0.15, -0.1) is 0 Å². The summed E-state index contributed by atoms with van der Waals surface area (Å²) in [5, 5.41) is 26.6. The lowest BCUT2D eigenvalue weighted by Gasteiger charge is -2.07. The number of nitriles is 1. The van der Waals surface area contributed by atoms with E-state index in [0.717, 1.165) is 0 Å². The first kappa shape index (κ1) is 17.5. The number of nitro benzene ring substituents is 1. The van der Waals surface area contributed by atoms with Crippen LogP contribution in [0, 0.1) is 21.4 Å². The molecule has 3 rings (SSSR count). The summed E-state index contributed by atoms with van der Waals surface area (Å²) in [5.41, 5.74) is 0.779. The van der Waals surface area contributed by atoms with Gasteiger partial charge in [0.05, 0.1) is 11.1 Å². The molecule has 9 nitrogen and oxygen atoms in total. The van der Waals surface area contributed by atoms with Crippen LogP contribution in [-0.2, 0) is 4.79 Å². The molecule has 0 unspecified atom stereocenters. The second kappa shape index (κ2) is 7.71. The van der Waals surface area contributed by atoms with E-state index in [0.29, 0.717) is 11.4 Å². The van der Waals surface area contributed by atoms with Crippen molar-refractivity contribution in [2.45, 2.75) is 0 Å². The third-order valence-corrected chi connectivity index (χ3v) is 3.53. The largest absolute Gasteiger partial charge is 0.306 e. The summed E-state index contributed by atoms with van der Waals surface area (Å²) >= 11 is 0. The summed E-state index contributed by atoms with van der Waals surface area (Å²) < 4.78 is 1.36. The van der Waals surface area contributed by atoms with Crippen molar-refractivity contribution in [3.05, 3.63) is 82.2 Å². The van der Waals surface area contributed by atoms with Crippen molar-refractivity contribution in [3.8, 4) is 11.9 Å². The van der Waals surface area contributed by atoms with Crippen LogP contribution in [0.2, 0.25) is 0 Å². The van der Waals surface area contributed by atoms with E-state index < -0.39 is 10.8 Å². The lowest BCUT2D eigenvalue weighted by atomic mass is 10.2. The van der Waals surface area contributed by atoms with Gasteiger partial charge in [0.25, 0.3) is 5.69 Å². The molecule has 0 radical (unpaired) electrons. The summed E-state index contributed by atoms with van der Waals surface area (Å²) in [6.07, 6.45) is 5.68. The predicted molar refractivity (Wildman–Crippen MR) is 96.8 cm³/mol. The highest BCUT2D eigenvalue weighted by Crippen LogP contribution is 2.18. The van der Waals surface area contributed by atoms with E-state index in [2.05, 4.69) is 15.4 Å². The van der Waals surface area contributed by atoms with E-state index in [-0.39, 0.29) is 17.1 Å². The fourth-order valence-electron chi connectivity index (χ4n) is 2.24. The average molecular weight is 360 g/mol. The number of non-ortho nitro benzene ring substituents is 1. The Morgan fingerprint density at radius 1 is 1.26 bits per heavy atom. The molecular weight excluding hydrogens is 348 g/mol. The molecule has 0 saturated carbocycles. The number of rotatable bonds is 5. The topological polar surface area (TPSA) is 127 Å². The predicted octanol–water partition coefficient (Wildman–Crippen LogP) is 2.70. The lowest BCUT2D eigenvalue weighted by Crippen LogP contribution is -2.13. The first-order chi connectivity index (χ1) is 13.1. The number of anilines is 1. The number of amides is 1. The van der Waals surface area contributed by atoms with Crippen LogP contribution >= 0.6 is 0 Å². The molecule has 0 aliphatic heterocycles. The number of carbonyl (C=O) groups excluding carboxylic acids is 1. The van der Waals surface area contributed by atoms with Crippen LogP contribution in [0.5, 0.6) is 0 Å². The van der Waals surface area contributed by atoms with E-state index in [4.69, 9.17) is 0 Å². The molecule has 0 aliphatic rings. The van der Waals surface area contributed by atoms with E-state index in [1.54, 1.807) is 24.4 Å². The second-order valence-electron chi connectivity index (χ2n) is 5.29. The first-order valence-corrected chi connectivity index (χ1v) is 7.71.